The van der Waals surface area contributed by atoms with Crippen molar-refractivity contribution in [1.82, 2.24) is 9.88 Å². The number of para-hydroxylation sites is 1. The lowest BCUT2D eigenvalue weighted by atomic mass is 10.2. The van der Waals surface area contributed by atoms with Gasteiger partial charge in [-0.15, -0.1) is 0 Å². The van der Waals surface area contributed by atoms with E-state index >= 15 is 0 Å². The Balaban J connectivity index is 1.93. The fourth-order valence-electron chi connectivity index (χ4n) is 2.02. The number of rotatable bonds is 4. The second-order valence-corrected chi connectivity index (χ2v) is 5.03. The number of anilines is 1. The highest BCUT2D eigenvalue weighted by atomic mass is 16.2. The molecule has 22 heavy (non-hydrogen) atoms. The van der Waals surface area contributed by atoms with Crippen molar-refractivity contribution in [1.29, 1.82) is 0 Å². The van der Waals surface area contributed by atoms with Crippen molar-refractivity contribution < 1.29 is 9.59 Å². The largest absolute Gasteiger partial charge is 0.337 e. The summed E-state index contributed by atoms with van der Waals surface area (Å²) >= 11 is 0. The van der Waals surface area contributed by atoms with Gasteiger partial charge in [-0.3, -0.25) is 14.6 Å². The van der Waals surface area contributed by atoms with Crippen LogP contribution in [0.1, 0.15) is 5.56 Å². The van der Waals surface area contributed by atoms with E-state index in [1.54, 1.807) is 38.6 Å². The van der Waals surface area contributed by atoms with Crippen LogP contribution < -0.4 is 4.90 Å². The number of nitrogens with zero attached hydrogens (tertiary/aromatic N) is 3. The molecule has 0 unspecified atom stereocenters. The SMILES string of the molecule is CN(CCc1ccncc1)C(=O)C(=O)N(C)c1ccccc1. The van der Waals surface area contributed by atoms with E-state index in [1.165, 1.54) is 9.80 Å². The molecule has 2 amide bonds. The Morgan fingerprint density at radius 1 is 0.955 bits per heavy atom. The number of amides is 2. The highest BCUT2D eigenvalue weighted by Gasteiger charge is 2.23. The highest BCUT2D eigenvalue weighted by molar-refractivity contribution is 6.40. The van der Waals surface area contributed by atoms with Gasteiger partial charge < -0.3 is 9.80 Å². The molecule has 0 atom stereocenters. The van der Waals surface area contributed by atoms with E-state index in [0.717, 1.165) is 5.56 Å². The first kappa shape index (κ1) is 15.7. The average Bonchev–Trinajstić information content (AvgIpc) is 2.59. The maximum Gasteiger partial charge on any atom is 0.316 e. The van der Waals surface area contributed by atoms with Gasteiger partial charge in [-0.25, -0.2) is 0 Å². The van der Waals surface area contributed by atoms with Crippen molar-refractivity contribution in [2.75, 3.05) is 25.5 Å². The summed E-state index contributed by atoms with van der Waals surface area (Å²) < 4.78 is 0. The van der Waals surface area contributed by atoms with E-state index in [4.69, 9.17) is 0 Å². The molecule has 114 valence electrons. The van der Waals surface area contributed by atoms with Gasteiger partial charge in [0.25, 0.3) is 0 Å². The Hall–Kier alpha value is -2.69. The molecule has 0 fully saturated rings. The molecule has 2 aromatic rings. The summed E-state index contributed by atoms with van der Waals surface area (Å²) in [5, 5.41) is 0. The van der Waals surface area contributed by atoms with Crippen LogP contribution in [0, 0.1) is 0 Å². The number of carbonyl (C=O) groups excluding carboxylic acids is 2. The molecule has 5 nitrogen and oxygen atoms in total. The molecular formula is C17H19N3O2. The predicted octanol–water partition coefficient (Wildman–Crippen LogP) is 1.75. The van der Waals surface area contributed by atoms with Crippen LogP contribution in [0.4, 0.5) is 5.69 Å². The van der Waals surface area contributed by atoms with Gasteiger partial charge in [-0.05, 0) is 36.2 Å². The fourth-order valence-corrected chi connectivity index (χ4v) is 2.02. The molecule has 0 aliphatic rings. The van der Waals surface area contributed by atoms with Crippen molar-refractivity contribution in [2.24, 2.45) is 0 Å². The summed E-state index contributed by atoms with van der Waals surface area (Å²) in [7, 11) is 3.24. The minimum absolute atomic E-state index is 0.483. The molecule has 0 N–H and O–H groups in total. The average molecular weight is 297 g/mol. The van der Waals surface area contributed by atoms with Crippen LogP contribution in [0.25, 0.3) is 0 Å². The number of pyridine rings is 1. The van der Waals surface area contributed by atoms with Gasteiger partial charge in [0.15, 0.2) is 0 Å². The van der Waals surface area contributed by atoms with Crippen LogP contribution in [-0.2, 0) is 16.0 Å². The molecule has 1 heterocycles. The van der Waals surface area contributed by atoms with Gasteiger partial charge >= 0.3 is 11.8 Å². The Kier molecular flexibility index (Phi) is 5.25. The molecule has 0 radical (unpaired) electrons. The van der Waals surface area contributed by atoms with E-state index in [0.29, 0.717) is 18.7 Å². The third kappa shape index (κ3) is 3.91. The van der Waals surface area contributed by atoms with Crippen molar-refractivity contribution in [2.45, 2.75) is 6.42 Å². The molecule has 2 rings (SSSR count). The number of hydrogen-bond donors (Lipinski definition) is 0. The van der Waals surface area contributed by atoms with E-state index in [-0.39, 0.29) is 0 Å². The second-order valence-electron chi connectivity index (χ2n) is 5.03. The van der Waals surface area contributed by atoms with Gasteiger partial charge in [0, 0.05) is 38.7 Å². The van der Waals surface area contributed by atoms with Crippen LogP contribution in [-0.4, -0.2) is 42.3 Å². The Morgan fingerprint density at radius 2 is 1.59 bits per heavy atom. The first-order chi connectivity index (χ1) is 10.6. The lowest BCUT2D eigenvalue weighted by Gasteiger charge is -2.21. The lowest BCUT2D eigenvalue weighted by Crippen LogP contribution is -2.42. The lowest BCUT2D eigenvalue weighted by molar-refractivity contribution is -0.143. The van der Waals surface area contributed by atoms with E-state index < -0.39 is 11.8 Å². The number of aromatic nitrogens is 1. The number of hydrogen-bond acceptors (Lipinski definition) is 3. The molecular weight excluding hydrogens is 278 g/mol. The van der Waals surface area contributed by atoms with E-state index in [1.807, 2.05) is 30.3 Å². The maximum absolute atomic E-state index is 12.2. The quantitative estimate of drug-likeness (QED) is 0.808. The summed E-state index contributed by atoms with van der Waals surface area (Å²) in [6, 6.07) is 12.9. The monoisotopic (exact) mass is 297 g/mol. The molecule has 0 spiro atoms. The summed E-state index contributed by atoms with van der Waals surface area (Å²) in [6.45, 7) is 0.483. The molecule has 0 bridgehead atoms. The molecule has 0 aliphatic carbocycles. The minimum atomic E-state index is -0.538. The van der Waals surface area contributed by atoms with Crippen LogP contribution in [0.2, 0.25) is 0 Å². The highest BCUT2D eigenvalue weighted by Crippen LogP contribution is 2.11. The number of carbonyl (C=O) groups is 2. The van der Waals surface area contributed by atoms with Crippen LogP contribution in [0.5, 0.6) is 0 Å². The van der Waals surface area contributed by atoms with Gasteiger partial charge in [-0.1, -0.05) is 18.2 Å². The molecule has 1 aromatic carbocycles. The molecule has 5 heteroatoms. The predicted molar refractivity (Wildman–Crippen MR) is 85.4 cm³/mol. The maximum atomic E-state index is 12.2. The number of benzene rings is 1. The van der Waals surface area contributed by atoms with Gasteiger partial charge in [0.05, 0.1) is 0 Å². The third-order valence-corrected chi connectivity index (χ3v) is 3.46. The normalized spacial score (nSPS) is 10.1. The Morgan fingerprint density at radius 3 is 2.23 bits per heavy atom. The third-order valence-electron chi connectivity index (χ3n) is 3.46. The van der Waals surface area contributed by atoms with Crippen molar-refractivity contribution >= 4 is 17.5 Å². The first-order valence-corrected chi connectivity index (χ1v) is 7.06. The molecule has 0 saturated heterocycles. The van der Waals surface area contributed by atoms with Crippen molar-refractivity contribution in [3.05, 3.63) is 60.4 Å². The van der Waals surface area contributed by atoms with Crippen molar-refractivity contribution in [3.63, 3.8) is 0 Å². The standard InChI is InChI=1S/C17H19N3O2/c1-19(13-10-14-8-11-18-12-9-14)16(21)17(22)20(2)15-6-4-3-5-7-15/h3-9,11-12H,10,13H2,1-2H3. The fraction of sp³-hybridized carbons (Fsp3) is 0.235. The van der Waals surface area contributed by atoms with Gasteiger partial charge in [0.1, 0.15) is 0 Å². The molecule has 0 aliphatic heterocycles. The van der Waals surface area contributed by atoms with Gasteiger partial charge in [-0.2, -0.15) is 0 Å². The van der Waals surface area contributed by atoms with Gasteiger partial charge in [0.2, 0.25) is 0 Å². The topological polar surface area (TPSA) is 53.5 Å². The number of likely N-dealkylation sites (N-methyl/N-ethyl adjacent to an activating group) is 2. The summed E-state index contributed by atoms with van der Waals surface area (Å²) in [4.78, 5) is 31.2. The van der Waals surface area contributed by atoms with Crippen LogP contribution in [0.15, 0.2) is 54.9 Å². The zero-order chi connectivity index (χ0) is 15.9. The van der Waals surface area contributed by atoms with E-state index in [2.05, 4.69) is 4.98 Å². The Bertz CT molecular complexity index is 629. The van der Waals surface area contributed by atoms with Crippen LogP contribution >= 0.6 is 0 Å². The first-order valence-electron chi connectivity index (χ1n) is 7.06. The second kappa shape index (κ2) is 7.36. The molecule has 0 saturated carbocycles. The molecule has 1 aromatic heterocycles. The summed E-state index contributed by atoms with van der Waals surface area (Å²) in [5.74, 6) is -1.05. The van der Waals surface area contributed by atoms with Crippen molar-refractivity contribution in [3.8, 4) is 0 Å². The zero-order valence-electron chi connectivity index (χ0n) is 12.8. The van der Waals surface area contributed by atoms with E-state index in [9.17, 15) is 9.59 Å². The zero-order valence-corrected chi connectivity index (χ0v) is 12.8. The Labute approximate surface area is 130 Å². The van der Waals surface area contributed by atoms with Crippen LogP contribution in [0.3, 0.4) is 0 Å². The summed E-state index contributed by atoms with van der Waals surface area (Å²) in [6.07, 6.45) is 4.12. The summed E-state index contributed by atoms with van der Waals surface area (Å²) in [5.41, 5.74) is 1.78. The minimum Gasteiger partial charge on any atom is -0.337 e. The smallest absolute Gasteiger partial charge is 0.316 e.